The molecule has 19 heavy (non-hydrogen) atoms. The van der Waals surface area contributed by atoms with E-state index in [1.54, 1.807) is 0 Å². The molecule has 1 aromatic rings. The first kappa shape index (κ1) is 13.2. The van der Waals surface area contributed by atoms with Crippen molar-refractivity contribution in [3.05, 3.63) is 35.6 Å². The Balaban J connectivity index is 1.89. The van der Waals surface area contributed by atoms with Gasteiger partial charge in [-0.25, -0.2) is 4.39 Å². The van der Waals surface area contributed by atoms with Crippen LogP contribution in [0.25, 0.3) is 0 Å². The molecule has 5 nitrogen and oxygen atoms in total. The van der Waals surface area contributed by atoms with Crippen LogP contribution < -0.4 is 10.6 Å². The van der Waals surface area contributed by atoms with Gasteiger partial charge in [-0.05, 0) is 24.1 Å². The smallest absolute Gasteiger partial charge is 0.249 e. The molecule has 1 fully saturated rings. The van der Waals surface area contributed by atoms with Crippen LogP contribution in [0.1, 0.15) is 18.4 Å². The molecule has 1 atom stereocenters. The van der Waals surface area contributed by atoms with E-state index in [0.29, 0.717) is 12.0 Å². The van der Waals surface area contributed by atoms with E-state index in [2.05, 4.69) is 10.6 Å². The average Bonchev–Trinajstić information content (AvgIpc) is 2.36. The third-order valence-corrected chi connectivity index (χ3v) is 2.85. The van der Waals surface area contributed by atoms with E-state index in [1.807, 2.05) is 0 Å². The SMILES string of the molecule is O=C1CCC(NC(=O)Cc2ccc(F)cc2)C(=O)N1. The van der Waals surface area contributed by atoms with E-state index in [9.17, 15) is 18.8 Å². The Morgan fingerprint density at radius 1 is 1.32 bits per heavy atom. The van der Waals surface area contributed by atoms with Crippen molar-refractivity contribution < 1.29 is 18.8 Å². The van der Waals surface area contributed by atoms with Gasteiger partial charge in [-0.1, -0.05) is 12.1 Å². The molecule has 0 aromatic heterocycles. The summed E-state index contributed by atoms with van der Waals surface area (Å²) in [4.78, 5) is 34.1. The van der Waals surface area contributed by atoms with Gasteiger partial charge < -0.3 is 5.32 Å². The third kappa shape index (κ3) is 3.61. The van der Waals surface area contributed by atoms with Crippen molar-refractivity contribution in [1.82, 2.24) is 10.6 Å². The minimum atomic E-state index is -0.675. The summed E-state index contributed by atoms with van der Waals surface area (Å²) in [5.41, 5.74) is 0.659. The van der Waals surface area contributed by atoms with Crippen molar-refractivity contribution >= 4 is 17.7 Å². The molecular weight excluding hydrogens is 251 g/mol. The first-order valence-electron chi connectivity index (χ1n) is 5.92. The summed E-state index contributed by atoms with van der Waals surface area (Å²) in [5.74, 6) is -1.51. The van der Waals surface area contributed by atoms with E-state index < -0.39 is 11.9 Å². The third-order valence-electron chi connectivity index (χ3n) is 2.85. The lowest BCUT2D eigenvalue weighted by atomic mass is 10.1. The number of carbonyl (C=O) groups excluding carboxylic acids is 3. The summed E-state index contributed by atoms with van der Waals surface area (Å²) in [6.45, 7) is 0. The molecule has 100 valence electrons. The van der Waals surface area contributed by atoms with Crippen LogP contribution in [0.4, 0.5) is 4.39 Å². The van der Waals surface area contributed by atoms with Crippen LogP contribution in [0.3, 0.4) is 0 Å². The van der Waals surface area contributed by atoms with E-state index >= 15 is 0 Å². The largest absolute Gasteiger partial charge is 0.344 e. The van der Waals surface area contributed by atoms with E-state index in [1.165, 1.54) is 24.3 Å². The number of halogens is 1. The van der Waals surface area contributed by atoms with Crippen LogP contribution in [0.2, 0.25) is 0 Å². The van der Waals surface area contributed by atoms with Gasteiger partial charge in [0.15, 0.2) is 0 Å². The molecule has 3 amide bonds. The normalized spacial score (nSPS) is 18.9. The van der Waals surface area contributed by atoms with E-state index in [-0.39, 0.29) is 30.5 Å². The zero-order valence-electron chi connectivity index (χ0n) is 10.1. The van der Waals surface area contributed by atoms with Gasteiger partial charge in [-0.3, -0.25) is 19.7 Å². The maximum atomic E-state index is 12.7. The first-order chi connectivity index (χ1) is 9.04. The van der Waals surface area contributed by atoms with Crippen LogP contribution in [0.5, 0.6) is 0 Å². The highest BCUT2D eigenvalue weighted by Crippen LogP contribution is 2.06. The monoisotopic (exact) mass is 264 g/mol. The van der Waals surface area contributed by atoms with Crippen LogP contribution in [0, 0.1) is 5.82 Å². The Bertz CT molecular complexity index is 513. The minimum absolute atomic E-state index is 0.0675. The summed E-state index contributed by atoms with van der Waals surface area (Å²) in [5, 5.41) is 4.72. The zero-order valence-corrected chi connectivity index (χ0v) is 10.1. The number of amides is 3. The summed E-state index contributed by atoms with van der Waals surface area (Å²) >= 11 is 0. The Morgan fingerprint density at radius 3 is 2.63 bits per heavy atom. The molecule has 1 aliphatic heterocycles. The maximum Gasteiger partial charge on any atom is 0.249 e. The van der Waals surface area contributed by atoms with Crippen LogP contribution in [0.15, 0.2) is 24.3 Å². The average molecular weight is 264 g/mol. The Labute approximate surface area is 109 Å². The summed E-state index contributed by atoms with van der Waals surface area (Å²) < 4.78 is 12.7. The molecule has 1 aliphatic rings. The fraction of sp³-hybridized carbons (Fsp3) is 0.308. The highest BCUT2D eigenvalue weighted by molar-refractivity contribution is 6.01. The summed E-state index contributed by atoms with van der Waals surface area (Å²) in [7, 11) is 0. The molecular formula is C13H13FN2O3. The molecule has 0 radical (unpaired) electrons. The van der Waals surface area contributed by atoms with Gasteiger partial charge in [-0.2, -0.15) is 0 Å². The molecule has 1 unspecified atom stereocenters. The zero-order chi connectivity index (χ0) is 13.8. The lowest BCUT2D eigenvalue weighted by Gasteiger charge is -2.21. The predicted octanol–water partition coefficient (Wildman–Crippen LogP) is 0.290. The number of benzene rings is 1. The van der Waals surface area contributed by atoms with Gasteiger partial charge in [0.05, 0.1) is 6.42 Å². The topological polar surface area (TPSA) is 75.3 Å². The number of rotatable bonds is 3. The molecule has 0 spiro atoms. The predicted molar refractivity (Wildman–Crippen MR) is 64.4 cm³/mol. The number of piperidine rings is 1. The Morgan fingerprint density at radius 2 is 2.00 bits per heavy atom. The van der Waals surface area contributed by atoms with Gasteiger partial charge in [0.2, 0.25) is 17.7 Å². The molecule has 0 aliphatic carbocycles. The molecule has 1 heterocycles. The van der Waals surface area contributed by atoms with Crippen molar-refractivity contribution in [1.29, 1.82) is 0 Å². The highest BCUT2D eigenvalue weighted by atomic mass is 19.1. The molecule has 0 bridgehead atoms. The number of nitrogens with one attached hydrogen (secondary N) is 2. The van der Waals surface area contributed by atoms with Gasteiger partial charge in [0, 0.05) is 6.42 Å². The van der Waals surface area contributed by atoms with E-state index in [0.717, 1.165) is 0 Å². The van der Waals surface area contributed by atoms with Crippen molar-refractivity contribution in [2.45, 2.75) is 25.3 Å². The molecule has 1 saturated heterocycles. The van der Waals surface area contributed by atoms with Crippen molar-refractivity contribution in [3.8, 4) is 0 Å². The molecule has 2 N–H and O–H groups in total. The quantitative estimate of drug-likeness (QED) is 0.770. The van der Waals surface area contributed by atoms with Crippen LogP contribution in [-0.2, 0) is 20.8 Å². The number of hydrogen-bond donors (Lipinski definition) is 2. The minimum Gasteiger partial charge on any atom is -0.344 e. The maximum absolute atomic E-state index is 12.7. The van der Waals surface area contributed by atoms with Gasteiger partial charge in [-0.15, -0.1) is 0 Å². The van der Waals surface area contributed by atoms with Gasteiger partial charge >= 0.3 is 0 Å². The molecule has 6 heteroatoms. The van der Waals surface area contributed by atoms with E-state index in [4.69, 9.17) is 0 Å². The van der Waals surface area contributed by atoms with Crippen LogP contribution in [-0.4, -0.2) is 23.8 Å². The number of carbonyl (C=O) groups is 3. The second-order valence-corrected chi connectivity index (χ2v) is 4.37. The Hall–Kier alpha value is -2.24. The lowest BCUT2D eigenvalue weighted by molar-refractivity contribution is -0.137. The highest BCUT2D eigenvalue weighted by Gasteiger charge is 2.27. The summed E-state index contributed by atoms with van der Waals surface area (Å²) in [6.07, 6.45) is 0.588. The molecule has 0 saturated carbocycles. The fourth-order valence-electron chi connectivity index (χ4n) is 1.86. The first-order valence-corrected chi connectivity index (χ1v) is 5.92. The second kappa shape index (κ2) is 5.60. The summed E-state index contributed by atoms with van der Waals surface area (Å²) in [6, 6.07) is 4.90. The van der Waals surface area contributed by atoms with Crippen molar-refractivity contribution in [2.75, 3.05) is 0 Å². The fourth-order valence-corrected chi connectivity index (χ4v) is 1.86. The lowest BCUT2D eigenvalue weighted by Crippen LogP contribution is -2.52. The Kier molecular flexibility index (Phi) is 3.89. The standard InChI is InChI=1S/C13H13FN2O3/c14-9-3-1-8(2-4-9)7-12(18)15-10-5-6-11(17)16-13(10)19/h1-4,10H,5-7H2,(H,15,18)(H,16,17,19). The molecule has 1 aromatic carbocycles. The second-order valence-electron chi connectivity index (χ2n) is 4.37. The van der Waals surface area contributed by atoms with Crippen molar-refractivity contribution in [2.24, 2.45) is 0 Å². The number of imide groups is 1. The van der Waals surface area contributed by atoms with Gasteiger partial charge in [0.25, 0.3) is 0 Å². The van der Waals surface area contributed by atoms with Crippen LogP contribution >= 0.6 is 0 Å². The van der Waals surface area contributed by atoms with Crippen molar-refractivity contribution in [3.63, 3.8) is 0 Å². The molecule has 2 rings (SSSR count). The van der Waals surface area contributed by atoms with Gasteiger partial charge in [0.1, 0.15) is 11.9 Å². The number of hydrogen-bond acceptors (Lipinski definition) is 3.